The molecular formula is C26H27N5O4S. The van der Waals surface area contributed by atoms with Crippen molar-refractivity contribution in [2.45, 2.75) is 43.5 Å². The molecule has 0 radical (unpaired) electrons. The van der Waals surface area contributed by atoms with Crippen LogP contribution >= 0.6 is 0 Å². The van der Waals surface area contributed by atoms with E-state index in [2.05, 4.69) is 4.98 Å². The Labute approximate surface area is 210 Å². The fourth-order valence-electron chi connectivity index (χ4n) is 4.37. The minimum Gasteiger partial charge on any atom is -0.464 e. The van der Waals surface area contributed by atoms with Crippen molar-refractivity contribution in [3.05, 3.63) is 76.9 Å². The van der Waals surface area contributed by atoms with Gasteiger partial charge in [0, 0.05) is 11.5 Å². The summed E-state index contributed by atoms with van der Waals surface area (Å²) in [6, 6.07) is 15.8. The first-order valence-electron chi connectivity index (χ1n) is 11.5. The third-order valence-electron chi connectivity index (χ3n) is 6.20. The molecule has 2 atom stereocenters. The molecule has 9 nitrogen and oxygen atoms in total. The molecule has 0 bridgehead atoms. The number of nitrogens with two attached hydrogens (primary N) is 2. The topological polar surface area (TPSA) is 152 Å². The third kappa shape index (κ3) is 4.22. The van der Waals surface area contributed by atoms with Crippen molar-refractivity contribution >= 4 is 33.3 Å². The van der Waals surface area contributed by atoms with E-state index in [9.17, 15) is 18.5 Å². The summed E-state index contributed by atoms with van der Waals surface area (Å²) in [4.78, 5) is 17.8. The van der Waals surface area contributed by atoms with E-state index < -0.39 is 28.0 Å². The number of aromatic nitrogens is 1. The number of carbonyl (C=O) groups is 1. The van der Waals surface area contributed by atoms with E-state index in [0.29, 0.717) is 12.0 Å². The van der Waals surface area contributed by atoms with Gasteiger partial charge in [-0.05, 0) is 31.0 Å². The van der Waals surface area contributed by atoms with Crippen LogP contribution in [-0.4, -0.2) is 32.0 Å². The molecular weight excluding hydrogens is 478 g/mol. The van der Waals surface area contributed by atoms with Gasteiger partial charge in [0.15, 0.2) is 11.9 Å². The Hall–Kier alpha value is -4.10. The maximum atomic E-state index is 14.0. The van der Waals surface area contributed by atoms with Crippen LogP contribution in [0.15, 0.2) is 59.5 Å². The number of fused-ring (bicyclic) bond motifs is 1. The number of nitrogen functional groups attached to an aromatic ring is 2. The summed E-state index contributed by atoms with van der Waals surface area (Å²) in [5.41, 5.74) is 14.1. The van der Waals surface area contributed by atoms with Crippen molar-refractivity contribution in [3.63, 3.8) is 0 Å². The Morgan fingerprint density at radius 2 is 1.81 bits per heavy atom. The Morgan fingerprint density at radius 3 is 2.42 bits per heavy atom. The number of esters is 1. The normalized spacial score (nSPS) is 16.9. The molecule has 1 aliphatic heterocycles. The molecule has 2 aromatic carbocycles. The quantitative estimate of drug-likeness (QED) is 0.366. The smallest absolute Gasteiger partial charge is 0.331 e. The number of pyridine rings is 1. The molecule has 0 saturated carbocycles. The number of anilines is 3. The van der Waals surface area contributed by atoms with Crippen molar-refractivity contribution in [1.29, 1.82) is 5.26 Å². The van der Waals surface area contributed by atoms with Crippen LogP contribution in [-0.2, 0) is 19.6 Å². The molecule has 0 saturated heterocycles. The second-order valence-corrected chi connectivity index (χ2v) is 10.4. The number of benzene rings is 2. The van der Waals surface area contributed by atoms with Gasteiger partial charge in [-0.2, -0.15) is 5.26 Å². The molecule has 2 heterocycles. The summed E-state index contributed by atoms with van der Waals surface area (Å²) in [6.45, 7) is 3.93. The van der Waals surface area contributed by atoms with Crippen molar-refractivity contribution in [1.82, 2.24) is 4.98 Å². The monoisotopic (exact) mass is 505 g/mol. The molecule has 3 aromatic rings. The zero-order valence-corrected chi connectivity index (χ0v) is 20.8. The van der Waals surface area contributed by atoms with Gasteiger partial charge in [-0.15, -0.1) is 0 Å². The van der Waals surface area contributed by atoms with Crippen molar-refractivity contribution in [3.8, 4) is 6.07 Å². The summed E-state index contributed by atoms with van der Waals surface area (Å²) in [5, 5.41) is 9.66. The predicted octanol–water partition coefficient (Wildman–Crippen LogP) is 3.48. The molecule has 10 heteroatoms. The number of ether oxygens (including phenoxy) is 1. The number of unbranched alkanes of at least 4 members (excludes halogenated alkanes) is 1. The number of carbonyl (C=O) groups excluding carboxylic acids is 1. The van der Waals surface area contributed by atoms with Gasteiger partial charge in [-0.25, -0.2) is 22.5 Å². The van der Waals surface area contributed by atoms with E-state index >= 15 is 0 Å². The maximum absolute atomic E-state index is 14.0. The summed E-state index contributed by atoms with van der Waals surface area (Å²) < 4.78 is 34.6. The Bertz CT molecular complexity index is 1430. The van der Waals surface area contributed by atoms with Gasteiger partial charge in [0.2, 0.25) is 0 Å². The summed E-state index contributed by atoms with van der Waals surface area (Å²) in [7, 11) is -4.31. The summed E-state index contributed by atoms with van der Waals surface area (Å²) in [5.74, 6) is -1.90. The van der Waals surface area contributed by atoms with Crippen molar-refractivity contribution in [2.24, 2.45) is 0 Å². The fraction of sp³-hybridized carbons (Fsp3) is 0.269. The van der Waals surface area contributed by atoms with E-state index in [1.54, 1.807) is 42.5 Å². The minimum atomic E-state index is -4.31. The Kier molecular flexibility index (Phi) is 6.86. The number of hydrogen-bond donors (Lipinski definition) is 2. The lowest BCUT2D eigenvalue weighted by molar-refractivity contribution is -0.145. The minimum absolute atomic E-state index is 0.0122. The molecule has 0 fully saturated rings. The first kappa shape index (κ1) is 25.0. The highest BCUT2D eigenvalue weighted by atomic mass is 32.2. The molecule has 0 amide bonds. The molecule has 36 heavy (non-hydrogen) atoms. The number of rotatable bonds is 7. The van der Waals surface area contributed by atoms with Gasteiger partial charge in [0.05, 0.1) is 17.2 Å². The summed E-state index contributed by atoms with van der Waals surface area (Å²) in [6.07, 6.45) is 1.42. The molecule has 4 rings (SSSR count). The van der Waals surface area contributed by atoms with Crippen molar-refractivity contribution < 1.29 is 17.9 Å². The lowest BCUT2D eigenvalue weighted by atomic mass is 9.87. The number of sulfonamides is 1. The van der Waals surface area contributed by atoms with E-state index in [1.807, 2.05) is 19.9 Å². The molecule has 1 aliphatic rings. The van der Waals surface area contributed by atoms with Crippen LogP contribution in [0.4, 0.5) is 17.3 Å². The molecule has 0 aliphatic carbocycles. The summed E-state index contributed by atoms with van der Waals surface area (Å²) >= 11 is 0. The first-order valence-corrected chi connectivity index (χ1v) is 13.0. The van der Waals surface area contributed by atoms with Crippen LogP contribution in [0.25, 0.3) is 0 Å². The average molecular weight is 506 g/mol. The Morgan fingerprint density at radius 1 is 1.14 bits per heavy atom. The van der Waals surface area contributed by atoms with E-state index in [4.69, 9.17) is 16.2 Å². The van der Waals surface area contributed by atoms with Crippen LogP contribution in [0.2, 0.25) is 0 Å². The van der Waals surface area contributed by atoms with Gasteiger partial charge in [0.1, 0.15) is 17.5 Å². The van der Waals surface area contributed by atoms with Crippen LogP contribution in [0.5, 0.6) is 0 Å². The van der Waals surface area contributed by atoms with Crippen LogP contribution in [0.1, 0.15) is 47.9 Å². The van der Waals surface area contributed by atoms with Gasteiger partial charge in [-0.1, -0.05) is 61.4 Å². The lowest BCUT2D eigenvalue weighted by Crippen LogP contribution is -2.46. The second kappa shape index (κ2) is 9.87. The SMILES string of the molecule is CCCCOC(=O)C1C(c2ccccc2)c2c(nc(N)c(C#N)c2N)N1S(=O)(=O)c1ccc(C)cc1. The maximum Gasteiger partial charge on any atom is 0.331 e. The molecule has 0 spiro atoms. The highest BCUT2D eigenvalue weighted by Crippen LogP contribution is 2.50. The Balaban J connectivity index is 2.01. The van der Waals surface area contributed by atoms with E-state index in [1.165, 1.54) is 12.1 Å². The van der Waals surface area contributed by atoms with Crippen LogP contribution in [0.3, 0.4) is 0 Å². The largest absolute Gasteiger partial charge is 0.464 e. The van der Waals surface area contributed by atoms with E-state index in [-0.39, 0.29) is 40.0 Å². The average Bonchev–Trinajstić information content (AvgIpc) is 3.21. The van der Waals surface area contributed by atoms with Crippen molar-refractivity contribution in [2.75, 3.05) is 22.4 Å². The van der Waals surface area contributed by atoms with E-state index in [0.717, 1.165) is 16.3 Å². The van der Waals surface area contributed by atoms with Gasteiger partial charge in [0.25, 0.3) is 10.0 Å². The molecule has 186 valence electrons. The zero-order chi connectivity index (χ0) is 26.0. The first-order chi connectivity index (χ1) is 17.2. The van der Waals surface area contributed by atoms with Gasteiger partial charge >= 0.3 is 5.97 Å². The number of nitriles is 1. The zero-order valence-electron chi connectivity index (χ0n) is 20.0. The standard InChI is InChI=1S/C26H27N5O4S/c1-3-4-14-35-26(32)23-20(17-8-6-5-7-9-17)21-22(28)19(15-27)24(29)30-25(21)31(23)36(33,34)18-12-10-16(2)11-13-18/h5-13,20,23H,3-4,14H2,1-2H3,(H4,28,29,30). The van der Waals surface area contributed by atoms with Crippen LogP contribution in [0, 0.1) is 18.3 Å². The molecule has 2 unspecified atom stereocenters. The molecule has 4 N–H and O–H groups in total. The number of hydrogen-bond acceptors (Lipinski definition) is 8. The number of nitrogens with zero attached hydrogens (tertiary/aromatic N) is 3. The second-order valence-electron chi connectivity index (χ2n) is 8.60. The van der Waals surface area contributed by atoms with Gasteiger partial charge < -0.3 is 16.2 Å². The highest BCUT2D eigenvalue weighted by molar-refractivity contribution is 7.93. The number of aryl methyl sites for hydroxylation is 1. The highest BCUT2D eigenvalue weighted by Gasteiger charge is 2.52. The molecule has 1 aromatic heterocycles. The van der Waals surface area contributed by atoms with Gasteiger partial charge in [-0.3, -0.25) is 0 Å². The lowest BCUT2D eigenvalue weighted by Gasteiger charge is -2.28. The fourth-order valence-corrected chi connectivity index (χ4v) is 5.95. The predicted molar refractivity (Wildman–Crippen MR) is 137 cm³/mol. The third-order valence-corrected chi connectivity index (χ3v) is 7.99. The van der Waals surface area contributed by atoms with Crippen LogP contribution < -0.4 is 15.8 Å².